The Balaban J connectivity index is 2.53. The van der Waals surface area contributed by atoms with Crippen LogP contribution in [-0.4, -0.2) is 62.2 Å². The van der Waals surface area contributed by atoms with Crippen LogP contribution in [0.5, 0.6) is 0 Å². The number of rotatable bonds is 3. The van der Waals surface area contributed by atoms with Crippen molar-refractivity contribution in [2.24, 2.45) is 5.92 Å². The van der Waals surface area contributed by atoms with Crippen LogP contribution >= 0.6 is 0 Å². The Bertz CT molecular complexity index is 427. The van der Waals surface area contributed by atoms with Gasteiger partial charge in [0.15, 0.2) is 0 Å². The molecule has 112 valence electrons. The first-order valence-electron chi connectivity index (χ1n) is 5.98. The zero-order valence-electron chi connectivity index (χ0n) is 11.6. The minimum Gasteiger partial charge on any atom is -0.444 e. The molecule has 0 aromatic rings. The van der Waals surface area contributed by atoms with Crippen LogP contribution < -0.4 is 0 Å². The molecule has 0 aliphatic carbocycles. The predicted molar refractivity (Wildman–Crippen MR) is 68.1 cm³/mol. The van der Waals surface area contributed by atoms with Gasteiger partial charge in [0.2, 0.25) is 0 Å². The van der Waals surface area contributed by atoms with Gasteiger partial charge in [0, 0.05) is 12.5 Å². The molecule has 2 unspecified atom stereocenters. The molecule has 1 saturated heterocycles. The number of amides is 1. The van der Waals surface area contributed by atoms with Crippen molar-refractivity contribution in [2.75, 3.05) is 26.0 Å². The number of hydrogen-bond donors (Lipinski definition) is 1. The second kappa shape index (κ2) is 5.64. The van der Waals surface area contributed by atoms with Gasteiger partial charge in [-0.1, -0.05) is 0 Å². The van der Waals surface area contributed by atoms with E-state index < -0.39 is 33.8 Å². The van der Waals surface area contributed by atoms with Crippen molar-refractivity contribution in [1.82, 2.24) is 4.90 Å². The van der Waals surface area contributed by atoms with Gasteiger partial charge < -0.3 is 14.7 Å². The molecule has 7 nitrogen and oxygen atoms in total. The lowest BCUT2D eigenvalue weighted by molar-refractivity contribution is 0.0269. The molecule has 0 aromatic heterocycles. The van der Waals surface area contributed by atoms with Gasteiger partial charge in [-0.05, 0) is 20.8 Å². The van der Waals surface area contributed by atoms with Crippen LogP contribution in [0.4, 0.5) is 4.79 Å². The number of β-amino-alcohol motifs (C(OH)–C–C–N with tert-alkyl or cyclic N) is 1. The molecule has 0 spiro atoms. The van der Waals surface area contributed by atoms with Crippen molar-refractivity contribution < 1.29 is 27.2 Å². The maximum atomic E-state index is 11.8. The summed E-state index contributed by atoms with van der Waals surface area (Å²) in [6.45, 7) is 5.45. The number of ether oxygens (including phenoxy) is 1. The summed E-state index contributed by atoms with van der Waals surface area (Å²) < 4.78 is 31.6. The highest BCUT2D eigenvalue weighted by atomic mass is 32.2. The molecular formula is C11H21NO6S. The van der Waals surface area contributed by atoms with Gasteiger partial charge in [-0.25, -0.2) is 4.79 Å². The van der Waals surface area contributed by atoms with E-state index in [-0.39, 0.29) is 19.7 Å². The lowest BCUT2D eigenvalue weighted by Gasteiger charge is -2.24. The summed E-state index contributed by atoms with van der Waals surface area (Å²) in [7, 11) is -3.55. The van der Waals surface area contributed by atoms with Crippen molar-refractivity contribution in [1.29, 1.82) is 0 Å². The molecule has 2 atom stereocenters. The van der Waals surface area contributed by atoms with E-state index in [1.54, 1.807) is 20.8 Å². The van der Waals surface area contributed by atoms with E-state index in [1.807, 2.05) is 0 Å². The van der Waals surface area contributed by atoms with Crippen LogP contribution in [0.1, 0.15) is 20.8 Å². The van der Waals surface area contributed by atoms with Gasteiger partial charge in [0.1, 0.15) is 5.60 Å². The van der Waals surface area contributed by atoms with E-state index >= 15 is 0 Å². The monoisotopic (exact) mass is 295 g/mol. The minimum atomic E-state index is -3.55. The fourth-order valence-corrected chi connectivity index (χ4v) is 2.13. The third kappa shape index (κ3) is 5.75. The third-order valence-corrected chi connectivity index (χ3v) is 3.12. The van der Waals surface area contributed by atoms with Crippen LogP contribution in [-0.2, 0) is 19.0 Å². The van der Waals surface area contributed by atoms with Gasteiger partial charge >= 0.3 is 6.09 Å². The standard InChI is InChI=1S/C11H21NO6S/c1-11(2,3)18-10(14)12-5-8(9(13)6-12)7-17-19(4,15)16/h8-9,13H,5-7H2,1-4H3. The van der Waals surface area contributed by atoms with Crippen LogP contribution in [0.3, 0.4) is 0 Å². The normalized spacial score (nSPS) is 24.6. The topological polar surface area (TPSA) is 93.1 Å². The first-order valence-corrected chi connectivity index (χ1v) is 7.80. The molecule has 0 saturated carbocycles. The predicted octanol–water partition coefficient (Wildman–Crippen LogP) is 0.190. The van der Waals surface area contributed by atoms with E-state index in [9.17, 15) is 18.3 Å². The minimum absolute atomic E-state index is 0.118. The smallest absolute Gasteiger partial charge is 0.410 e. The summed E-state index contributed by atoms with van der Waals surface area (Å²) in [6.07, 6.45) is -0.386. The highest BCUT2D eigenvalue weighted by molar-refractivity contribution is 7.85. The summed E-state index contributed by atoms with van der Waals surface area (Å²) in [5.41, 5.74) is -0.608. The molecule has 1 aliphatic rings. The van der Waals surface area contributed by atoms with E-state index in [0.29, 0.717) is 0 Å². The average molecular weight is 295 g/mol. The Morgan fingerprint density at radius 2 is 1.95 bits per heavy atom. The van der Waals surface area contributed by atoms with Gasteiger partial charge in [-0.15, -0.1) is 0 Å². The van der Waals surface area contributed by atoms with Crippen molar-refractivity contribution in [3.8, 4) is 0 Å². The quantitative estimate of drug-likeness (QED) is 0.747. The highest BCUT2D eigenvalue weighted by Crippen LogP contribution is 2.20. The number of carbonyl (C=O) groups excluding carboxylic acids is 1. The maximum absolute atomic E-state index is 11.8. The summed E-state index contributed by atoms with van der Waals surface area (Å²) in [5.74, 6) is -0.428. The highest BCUT2D eigenvalue weighted by Gasteiger charge is 2.36. The fraction of sp³-hybridized carbons (Fsp3) is 0.909. The molecular weight excluding hydrogens is 274 g/mol. The molecule has 0 bridgehead atoms. The Morgan fingerprint density at radius 3 is 2.42 bits per heavy atom. The Kier molecular flexibility index (Phi) is 4.81. The van der Waals surface area contributed by atoms with Crippen molar-refractivity contribution in [2.45, 2.75) is 32.5 Å². The largest absolute Gasteiger partial charge is 0.444 e. The van der Waals surface area contributed by atoms with Crippen molar-refractivity contribution in [3.05, 3.63) is 0 Å². The first-order chi connectivity index (χ1) is 8.48. The fourth-order valence-electron chi connectivity index (χ4n) is 1.70. The van der Waals surface area contributed by atoms with Crippen LogP contribution in [0, 0.1) is 5.92 Å². The number of hydrogen-bond acceptors (Lipinski definition) is 6. The zero-order valence-corrected chi connectivity index (χ0v) is 12.4. The lowest BCUT2D eigenvalue weighted by atomic mass is 10.1. The summed E-state index contributed by atoms with van der Waals surface area (Å²) in [4.78, 5) is 13.1. The number of aliphatic hydroxyl groups is 1. The molecule has 1 aliphatic heterocycles. The van der Waals surface area contributed by atoms with Crippen LogP contribution in [0.2, 0.25) is 0 Å². The lowest BCUT2D eigenvalue weighted by Crippen LogP contribution is -2.36. The van der Waals surface area contributed by atoms with E-state index in [2.05, 4.69) is 4.18 Å². The first kappa shape index (κ1) is 16.2. The second-order valence-corrected chi connectivity index (χ2v) is 7.35. The SMILES string of the molecule is CC(C)(C)OC(=O)N1CC(O)C(COS(C)(=O)=O)C1. The van der Waals surface area contributed by atoms with Crippen LogP contribution in [0.15, 0.2) is 0 Å². The number of aliphatic hydroxyl groups excluding tert-OH is 1. The molecule has 1 rings (SSSR count). The van der Waals surface area contributed by atoms with Gasteiger partial charge in [0.25, 0.3) is 10.1 Å². The number of carbonyl (C=O) groups is 1. The van der Waals surface area contributed by atoms with Crippen molar-refractivity contribution >= 4 is 16.2 Å². The van der Waals surface area contributed by atoms with Crippen LogP contribution in [0.25, 0.3) is 0 Å². The molecule has 0 aromatic carbocycles. The molecule has 8 heteroatoms. The van der Waals surface area contributed by atoms with Gasteiger partial charge in [0.05, 0.1) is 25.5 Å². The van der Waals surface area contributed by atoms with Gasteiger partial charge in [-0.3, -0.25) is 4.18 Å². The molecule has 1 N–H and O–H groups in total. The third-order valence-electron chi connectivity index (χ3n) is 2.55. The summed E-state index contributed by atoms with van der Waals surface area (Å²) in [5, 5.41) is 9.78. The van der Waals surface area contributed by atoms with E-state index in [4.69, 9.17) is 4.74 Å². The molecule has 1 amide bonds. The Morgan fingerprint density at radius 1 is 1.37 bits per heavy atom. The molecule has 1 fully saturated rings. The van der Waals surface area contributed by atoms with Crippen molar-refractivity contribution in [3.63, 3.8) is 0 Å². The number of likely N-dealkylation sites (tertiary alicyclic amines) is 1. The summed E-state index contributed by atoms with van der Waals surface area (Å²) >= 11 is 0. The molecule has 0 radical (unpaired) electrons. The Labute approximate surface area is 113 Å². The summed E-state index contributed by atoms with van der Waals surface area (Å²) in [6, 6.07) is 0. The molecule has 19 heavy (non-hydrogen) atoms. The maximum Gasteiger partial charge on any atom is 0.410 e. The second-order valence-electron chi connectivity index (χ2n) is 5.70. The van der Waals surface area contributed by atoms with E-state index in [0.717, 1.165) is 6.26 Å². The Hall–Kier alpha value is -0.860. The zero-order chi connectivity index (χ0) is 14.8. The average Bonchev–Trinajstić information content (AvgIpc) is 2.53. The number of nitrogens with zero attached hydrogens (tertiary/aromatic N) is 1. The molecule has 1 heterocycles. The van der Waals surface area contributed by atoms with Gasteiger partial charge in [-0.2, -0.15) is 8.42 Å². The van der Waals surface area contributed by atoms with E-state index in [1.165, 1.54) is 4.90 Å².